The predicted molar refractivity (Wildman–Crippen MR) is 116 cm³/mol. The summed E-state index contributed by atoms with van der Waals surface area (Å²) in [5, 5.41) is 15.5. The zero-order valence-electron chi connectivity index (χ0n) is 16.7. The van der Waals surface area contributed by atoms with Crippen molar-refractivity contribution >= 4 is 29.1 Å². The summed E-state index contributed by atoms with van der Waals surface area (Å²) >= 11 is 1.15. The van der Waals surface area contributed by atoms with Gasteiger partial charge in [-0.25, -0.2) is 0 Å². The fourth-order valence-electron chi connectivity index (χ4n) is 2.83. The van der Waals surface area contributed by atoms with E-state index in [1.165, 1.54) is 11.6 Å². The first-order valence-corrected chi connectivity index (χ1v) is 10.1. The monoisotopic (exact) mass is 438 g/mol. The van der Waals surface area contributed by atoms with Crippen LogP contribution < -0.4 is 20.3 Å². The molecule has 0 atom stereocenters. The lowest BCUT2D eigenvalue weighted by Crippen LogP contribution is -2.16. The number of H-pyrrole nitrogens is 1. The molecule has 4 rings (SSSR count). The third-order valence-electron chi connectivity index (χ3n) is 4.33. The van der Waals surface area contributed by atoms with E-state index in [1.54, 1.807) is 49.6 Å². The van der Waals surface area contributed by atoms with Gasteiger partial charge in [0.1, 0.15) is 11.5 Å². The Labute approximate surface area is 180 Å². The van der Waals surface area contributed by atoms with Crippen LogP contribution in [-0.4, -0.2) is 50.7 Å². The molecule has 0 saturated carbocycles. The van der Waals surface area contributed by atoms with Gasteiger partial charge in [-0.1, -0.05) is 23.9 Å². The smallest absolute Gasteiger partial charge is 0.279 e. The number of methoxy groups -OCH3 is 2. The molecule has 2 N–H and O–H groups in total. The van der Waals surface area contributed by atoms with Crippen molar-refractivity contribution in [3.05, 3.63) is 58.9 Å². The quantitative estimate of drug-likeness (QED) is 0.421. The van der Waals surface area contributed by atoms with E-state index in [-0.39, 0.29) is 23.1 Å². The molecule has 2 heterocycles. The van der Waals surface area contributed by atoms with Gasteiger partial charge in [0.2, 0.25) is 11.1 Å². The van der Waals surface area contributed by atoms with Crippen LogP contribution in [0.2, 0.25) is 0 Å². The van der Waals surface area contributed by atoms with Crippen LogP contribution >= 0.6 is 11.8 Å². The van der Waals surface area contributed by atoms with E-state index in [0.717, 1.165) is 11.8 Å². The lowest BCUT2D eigenvalue weighted by Gasteiger charge is -2.09. The molecule has 2 aromatic heterocycles. The van der Waals surface area contributed by atoms with Crippen LogP contribution in [0.25, 0.3) is 17.0 Å². The van der Waals surface area contributed by atoms with Gasteiger partial charge in [-0.15, -0.1) is 10.2 Å². The average molecular weight is 438 g/mol. The number of ether oxygens (including phenoxy) is 2. The molecule has 2 aromatic carbocycles. The number of hydrogen-bond acceptors (Lipinski definition) is 8. The van der Waals surface area contributed by atoms with Crippen LogP contribution in [0.1, 0.15) is 0 Å². The van der Waals surface area contributed by atoms with Crippen molar-refractivity contribution in [1.29, 1.82) is 0 Å². The normalized spacial score (nSPS) is 10.8. The van der Waals surface area contributed by atoms with Crippen LogP contribution in [0.3, 0.4) is 0 Å². The van der Waals surface area contributed by atoms with Gasteiger partial charge in [-0.3, -0.25) is 14.6 Å². The number of carbonyl (C=O) groups is 1. The molecule has 0 radical (unpaired) electrons. The summed E-state index contributed by atoms with van der Waals surface area (Å²) < 4.78 is 11.8. The van der Waals surface area contributed by atoms with E-state index < -0.39 is 5.56 Å². The Morgan fingerprint density at radius 1 is 1.10 bits per heavy atom. The number of amides is 1. The maximum absolute atomic E-state index is 12.4. The summed E-state index contributed by atoms with van der Waals surface area (Å²) in [7, 11) is 3.10. The molecule has 0 fully saturated rings. The minimum atomic E-state index is -0.393. The summed E-state index contributed by atoms with van der Waals surface area (Å²) in [4.78, 5) is 27.5. The molecular formula is C20H18N6O4S. The van der Waals surface area contributed by atoms with Gasteiger partial charge in [0.15, 0.2) is 5.69 Å². The number of aromatic nitrogens is 5. The van der Waals surface area contributed by atoms with Crippen LogP contribution in [0.5, 0.6) is 11.5 Å². The number of rotatable bonds is 7. The van der Waals surface area contributed by atoms with Crippen LogP contribution in [0, 0.1) is 0 Å². The van der Waals surface area contributed by atoms with Gasteiger partial charge in [0.05, 0.1) is 25.7 Å². The van der Waals surface area contributed by atoms with Gasteiger partial charge < -0.3 is 14.8 Å². The highest BCUT2D eigenvalue weighted by Crippen LogP contribution is 2.24. The fourth-order valence-corrected chi connectivity index (χ4v) is 3.51. The first-order valence-electron chi connectivity index (χ1n) is 9.15. The topological polar surface area (TPSA) is 124 Å². The first-order chi connectivity index (χ1) is 15.1. The van der Waals surface area contributed by atoms with E-state index in [4.69, 9.17) is 9.47 Å². The van der Waals surface area contributed by atoms with Gasteiger partial charge in [-0.2, -0.15) is 9.61 Å². The number of benzene rings is 2. The van der Waals surface area contributed by atoms with Crippen molar-refractivity contribution in [3.8, 4) is 22.8 Å². The fraction of sp³-hybridized carbons (Fsp3) is 0.150. The molecular weight excluding hydrogens is 420 g/mol. The number of thioether (sulfide) groups is 1. The van der Waals surface area contributed by atoms with Gasteiger partial charge in [0.25, 0.3) is 11.3 Å². The van der Waals surface area contributed by atoms with Crippen LogP contribution in [-0.2, 0) is 4.79 Å². The Kier molecular flexibility index (Phi) is 5.85. The Morgan fingerprint density at radius 2 is 1.87 bits per heavy atom. The third kappa shape index (κ3) is 4.36. The van der Waals surface area contributed by atoms with Crippen molar-refractivity contribution in [1.82, 2.24) is 24.8 Å². The third-order valence-corrected chi connectivity index (χ3v) is 5.25. The highest BCUT2D eigenvalue weighted by Gasteiger charge is 2.15. The number of fused-ring (bicyclic) bond motifs is 1. The maximum atomic E-state index is 12.4. The number of para-hydroxylation sites is 2. The van der Waals surface area contributed by atoms with Gasteiger partial charge in [-0.05, 0) is 36.4 Å². The minimum absolute atomic E-state index is 0.0670. The molecule has 0 saturated heterocycles. The zero-order valence-corrected chi connectivity index (χ0v) is 17.5. The van der Waals surface area contributed by atoms with Crippen LogP contribution in [0.4, 0.5) is 5.69 Å². The Bertz CT molecular complexity index is 1290. The number of hydrogen-bond donors (Lipinski definition) is 2. The summed E-state index contributed by atoms with van der Waals surface area (Å²) in [6, 6.07) is 14.1. The van der Waals surface area contributed by atoms with Crippen molar-refractivity contribution < 1.29 is 14.3 Å². The van der Waals surface area contributed by atoms with E-state index in [0.29, 0.717) is 27.9 Å². The van der Waals surface area contributed by atoms with E-state index in [2.05, 4.69) is 25.6 Å². The SMILES string of the molecule is COc1ccc(-c2nn3c(SCC(=O)Nc4ccccc4OC)nnc3[nH]c2=O)cc1. The second-order valence-electron chi connectivity index (χ2n) is 6.29. The summed E-state index contributed by atoms with van der Waals surface area (Å²) in [6.45, 7) is 0. The Morgan fingerprint density at radius 3 is 2.61 bits per heavy atom. The molecule has 11 heteroatoms. The molecule has 31 heavy (non-hydrogen) atoms. The summed E-state index contributed by atoms with van der Waals surface area (Å²) in [5.74, 6) is 1.25. The molecule has 0 aliphatic heterocycles. The first kappa shape index (κ1) is 20.4. The van der Waals surface area contributed by atoms with Crippen LogP contribution in [0.15, 0.2) is 58.5 Å². The van der Waals surface area contributed by atoms with Gasteiger partial charge in [0, 0.05) is 5.56 Å². The molecule has 1 amide bonds. The van der Waals surface area contributed by atoms with Crippen molar-refractivity contribution in [3.63, 3.8) is 0 Å². The highest BCUT2D eigenvalue weighted by atomic mass is 32.2. The largest absolute Gasteiger partial charge is 0.497 e. The summed E-state index contributed by atoms with van der Waals surface area (Å²) in [6.07, 6.45) is 0. The average Bonchev–Trinajstić information content (AvgIpc) is 3.19. The number of aromatic amines is 1. The molecule has 0 unspecified atom stereocenters. The second-order valence-corrected chi connectivity index (χ2v) is 7.23. The maximum Gasteiger partial charge on any atom is 0.279 e. The molecule has 0 aliphatic carbocycles. The van der Waals surface area contributed by atoms with E-state index in [1.807, 2.05) is 6.07 Å². The van der Waals surface area contributed by atoms with Crippen molar-refractivity contribution in [2.75, 3.05) is 25.3 Å². The lowest BCUT2D eigenvalue weighted by atomic mass is 10.1. The number of carbonyl (C=O) groups excluding carboxylic acids is 1. The molecule has 158 valence electrons. The minimum Gasteiger partial charge on any atom is -0.497 e. The summed E-state index contributed by atoms with van der Waals surface area (Å²) in [5.41, 5.74) is 0.999. The number of nitrogens with one attached hydrogen (secondary N) is 2. The Balaban J connectivity index is 1.54. The van der Waals surface area contributed by atoms with Crippen molar-refractivity contribution in [2.24, 2.45) is 0 Å². The molecule has 0 bridgehead atoms. The molecule has 4 aromatic rings. The number of anilines is 1. The zero-order chi connectivity index (χ0) is 21.8. The Hall–Kier alpha value is -3.86. The van der Waals surface area contributed by atoms with Gasteiger partial charge >= 0.3 is 0 Å². The molecule has 0 aliphatic rings. The highest BCUT2D eigenvalue weighted by molar-refractivity contribution is 7.99. The van der Waals surface area contributed by atoms with E-state index in [9.17, 15) is 9.59 Å². The number of nitrogens with zero attached hydrogens (tertiary/aromatic N) is 4. The van der Waals surface area contributed by atoms with E-state index >= 15 is 0 Å². The standard InChI is InChI=1S/C20H18N6O4S/c1-29-13-9-7-12(8-10-13)17-18(28)22-19-23-24-20(26(19)25-17)31-11-16(27)21-14-5-3-4-6-15(14)30-2/h3-10H,11H2,1-2H3,(H,21,27)(H,22,23,28). The lowest BCUT2D eigenvalue weighted by molar-refractivity contribution is -0.113. The van der Waals surface area contributed by atoms with Crippen molar-refractivity contribution in [2.45, 2.75) is 5.16 Å². The molecule has 10 nitrogen and oxygen atoms in total. The molecule has 0 spiro atoms. The predicted octanol–water partition coefficient (Wildman–Crippen LogP) is 2.23. The second kappa shape index (κ2) is 8.88.